The van der Waals surface area contributed by atoms with Crippen molar-refractivity contribution in [1.82, 2.24) is 9.55 Å². The minimum absolute atomic E-state index is 0.0532. The predicted octanol–water partition coefficient (Wildman–Crippen LogP) is 2.83. The maximum atomic E-state index is 12.1. The highest BCUT2D eigenvalue weighted by atomic mass is 32.1. The molecule has 0 fully saturated rings. The number of carbonyl (C=O) groups excluding carboxylic acids is 1. The van der Waals surface area contributed by atoms with Gasteiger partial charge < -0.3 is 4.57 Å². The normalized spacial score (nSPS) is 12.8. The van der Waals surface area contributed by atoms with Crippen molar-refractivity contribution in [1.29, 1.82) is 0 Å². The molecule has 0 aromatic carbocycles. The molecule has 2 aromatic heterocycles. The van der Waals surface area contributed by atoms with E-state index in [0.29, 0.717) is 5.56 Å². The number of aromatic nitrogens is 2. The number of amides is 1. The van der Waals surface area contributed by atoms with E-state index in [0.717, 1.165) is 10.5 Å². The van der Waals surface area contributed by atoms with Crippen LogP contribution in [0.4, 0.5) is 0 Å². The van der Waals surface area contributed by atoms with Crippen LogP contribution >= 0.6 is 11.3 Å². The zero-order valence-corrected chi connectivity index (χ0v) is 13.3. The molecule has 0 bridgehead atoms. The average molecular weight is 289 g/mol. The molecule has 0 aliphatic heterocycles. The molecule has 0 unspecified atom stereocenters. The molecule has 5 heteroatoms. The highest BCUT2D eigenvalue weighted by molar-refractivity contribution is 7.09. The van der Waals surface area contributed by atoms with Crippen molar-refractivity contribution in [3.8, 4) is 0 Å². The molecule has 0 atom stereocenters. The Morgan fingerprint density at radius 3 is 2.60 bits per heavy atom. The van der Waals surface area contributed by atoms with Crippen molar-refractivity contribution in [2.45, 2.75) is 33.1 Å². The minimum Gasteiger partial charge on any atom is -0.324 e. The lowest BCUT2D eigenvalue weighted by Gasteiger charge is -2.17. The Labute approximate surface area is 122 Å². The van der Waals surface area contributed by atoms with E-state index in [9.17, 15) is 4.79 Å². The summed E-state index contributed by atoms with van der Waals surface area (Å²) in [7, 11) is 1.94. The molecule has 2 aromatic rings. The van der Waals surface area contributed by atoms with Crippen LogP contribution in [-0.2, 0) is 12.5 Å². The van der Waals surface area contributed by atoms with Crippen LogP contribution in [0.5, 0.6) is 0 Å². The second-order valence-corrected chi connectivity index (χ2v) is 6.74. The Balaban J connectivity index is 2.49. The van der Waals surface area contributed by atoms with Gasteiger partial charge in [0.1, 0.15) is 0 Å². The first-order valence-electron chi connectivity index (χ1n) is 6.46. The maximum absolute atomic E-state index is 12.1. The van der Waals surface area contributed by atoms with E-state index in [1.807, 2.05) is 11.6 Å². The molecule has 0 aliphatic rings. The number of rotatable bonds is 1. The van der Waals surface area contributed by atoms with Crippen LogP contribution in [0.2, 0.25) is 0 Å². The van der Waals surface area contributed by atoms with E-state index in [-0.39, 0.29) is 11.3 Å². The zero-order chi connectivity index (χ0) is 14.9. The van der Waals surface area contributed by atoms with E-state index in [2.05, 4.69) is 37.7 Å². The monoisotopic (exact) mass is 289 g/mol. The predicted molar refractivity (Wildman–Crippen MR) is 80.9 cm³/mol. The summed E-state index contributed by atoms with van der Waals surface area (Å²) in [4.78, 5) is 22.3. The molecule has 1 amide bonds. The van der Waals surface area contributed by atoms with Crippen molar-refractivity contribution >= 4 is 17.2 Å². The van der Waals surface area contributed by atoms with E-state index in [4.69, 9.17) is 0 Å². The van der Waals surface area contributed by atoms with Gasteiger partial charge in [0.05, 0.1) is 5.56 Å². The first kappa shape index (κ1) is 14.7. The van der Waals surface area contributed by atoms with Crippen molar-refractivity contribution < 1.29 is 4.79 Å². The standard InChI is InChI=1S/C15H19N3OS/c1-10-12(15(2,3)4)20-14(18(10)5)17-13(19)11-7-6-8-16-9-11/h6-9H,1-5H3. The van der Waals surface area contributed by atoms with Crippen molar-refractivity contribution in [2.24, 2.45) is 12.0 Å². The van der Waals surface area contributed by atoms with Crippen LogP contribution < -0.4 is 4.80 Å². The largest absolute Gasteiger partial charge is 0.324 e. The first-order chi connectivity index (χ1) is 9.30. The molecule has 0 saturated heterocycles. The van der Waals surface area contributed by atoms with Crippen molar-refractivity contribution in [2.75, 3.05) is 0 Å². The molecule has 0 aliphatic carbocycles. The molecular formula is C15H19N3OS. The number of pyridine rings is 1. The topological polar surface area (TPSA) is 47.2 Å². The SMILES string of the molecule is Cc1c(C(C)(C)C)sc(=NC(=O)c2cccnc2)n1C. The fourth-order valence-corrected chi connectivity index (χ4v) is 3.14. The number of nitrogens with zero attached hydrogens (tertiary/aromatic N) is 3. The van der Waals surface area contributed by atoms with Crippen molar-refractivity contribution in [3.63, 3.8) is 0 Å². The Morgan fingerprint density at radius 1 is 1.40 bits per heavy atom. The summed E-state index contributed by atoms with van der Waals surface area (Å²) in [6, 6.07) is 3.47. The number of hydrogen-bond acceptors (Lipinski definition) is 3. The Kier molecular flexibility index (Phi) is 3.90. The molecule has 0 N–H and O–H groups in total. The van der Waals surface area contributed by atoms with Gasteiger partial charge in [-0.3, -0.25) is 9.78 Å². The van der Waals surface area contributed by atoms with Gasteiger partial charge in [0.2, 0.25) is 0 Å². The molecule has 4 nitrogen and oxygen atoms in total. The van der Waals surface area contributed by atoms with Crippen LogP contribution in [0.3, 0.4) is 0 Å². The van der Waals surface area contributed by atoms with Crippen LogP contribution in [0, 0.1) is 6.92 Å². The smallest absolute Gasteiger partial charge is 0.281 e. The lowest BCUT2D eigenvalue weighted by Crippen LogP contribution is -2.15. The van der Waals surface area contributed by atoms with Gasteiger partial charge in [0, 0.05) is 30.0 Å². The molecule has 0 spiro atoms. The van der Waals surface area contributed by atoms with Gasteiger partial charge in [-0.25, -0.2) is 0 Å². The second-order valence-electron chi connectivity index (χ2n) is 5.77. The number of carbonyl (C=O) groups is 1. The summed E-state index contributed by atoms with van der Waals surface area (Å²) in [5.74, 6) is -0.254. The summed E-state index contributed by atoms with van der Waals surface area (Å²) in [5, 5.41) is 0. The quantitative estimate of drug-likeness (QED) is 0.810. The van der Waals surface area contributed by atoms with Gasteiger partial charge in [-0.05, 0) is 24.5 Å². The third-order valence-corrected chi connectivity index (χ3v) is 4.76. The Bertz CT molecular complexity index is 690. The fraction of sp³-hybridized carbons (Fsp3) is 0.400. The summed E-state index contributed by atoms with van der Waals surface area (Å²) in [6.07, 6.45) is 3.18. The van der Waals surface area contributed by atoms with Crippen LogP contribution in [0.25, 0.3) is 0 Å². The van der Waals surface area contributed by atoms with E-state index in [1.54, 1.807) is 29.7 Å². The molecule has 2 heterocycles. The lowest BCUT2D eigenvalue weighted by atomic mass is 9.93. The van der Waals surface area contributed by atoms with Gasteiger partial charge in [-0.2, -0.15) is 4.99 Å². The minimum atomic E-state index is -0.254. The van der Waals surface area contributed by atoms with Gasteiger partial charge >= 0.3 is 0 Å². The van der Waals surface area contributed by atoms with E-state index >= 15 is 0 Å². The van der Waals surface area contributed by atoms with Gasteiger partial charge in [0.15, 0.2) is 4.80 Å². The third kappa shape index (κ3) is 2.88. The molecule has 0 radical (unpaired) electrons. The van der Waals surface area contributed by atoms with E-state index in [1.165, 1.54) is 11.1 Å². The third-order valence-electron chi connectivity index (χ3n) is 3.10. The van der Waals surface area contributed by atoms with Crippen LogP contribution in [-0.4, -0.2) is 15.5 Å². The van der Waals surface area contributed by atoms with Gasteiger partial charge in [0.25, 0.3) is 5.91 Å². The summed E-state index contributed by atoms with van der Waals surface area (Å²) in [5.41, 5.74) is 1.72. The first-order valence-corrected chi connectivity index (χ1v) is 7.28. The molecule has 106 valence electrons. The summed E-state index contributed by atoms with van der Waals surface area (Å²) >= 11 is 1.57. The molecule has 20 heavy (non-hydrogen) atoms. The van der Waals surface area contributed by atoms with Gasteiger partial charge in [-0.1, -0.05) is 20.8 Å². The average Bonchev–Trinajstić information content (AvgIpc) is 2.68. The van der Waals surface area contributed by atoms with Crippen molar-refractivity contribution in [3.05, 3.63) is 45.5 Å². The molecular weight excluding hydrogens is 270 g/mol. The maximum Gasteiger partial charge on any atom is 0.281 e. The van der Waals surface area contributed by atoms with Crippen LogP contribution in [0.15, 0.2) is 29.5 Å². The Morgan fingerprint density at radius 2 is 2.10 bits per heavy atom. The van der Waals surface area contributed by atoms with Crippen LogP contribution in [0.1, 0.15) is 41.7 Å². The highest BCUT2D eigenvalue weighted by Crippen LogP contribution is 2.27. The van der Waals surface area contributed by atoms with Gasteiger partial charge in [-0.15, -0.1) is 11.3 Å². The highest BCUT2D eigenvalue weighted by Gasteiger charge is 2.21. The fourth-order valence-electron chi connectivity index (χ4n) is 1.96. The zero-order valence-electron chi connectivity index (χ0n) is 12.5. The molecule has 2 rings (SSSR count). The summed E-state index contributed by atoms with van der Waals surface area (Å²) < 4.78 is 1.97. The summed E-state index contributed by atoms with van der Waals surface area (Å²) in [6.45, 7) is 8.56. The second kappa shape index (κ2) is 5.32. The van der Waals surface area contributed by atoms with E-state index < -0.39 is 0 Å². The lowest BCUT2D eigenvalue weighted by molar-refractivity contribution is 0.0997. The Hall–Kier alpha value is -1.75. The number of thiazole rings is 1. The molecule has 0 saturated carbocycles. The number of hydrogen-bond donors (Lipinski definition) is 0.